The van der Waals surface area contributed by atoms with Gasteiger partial charge in [0.2, 0.25) is 0 Å². The Labute approximate surface area is 117 Å². The number of amides is 2. The van der Waals surface area contributed by atoms with Crippen LogP contribution in [0.1, 0.15) is 18.9 Å². The highest BCUT2D eigenvalue weighted by atomic mass is 35.5. The van der Waals surface area contributed by atoms with Crippen molar-refractivity contribution in [3.05, 3.63) is 28.8 Å². The molecule has 1 rings (SSSR count). The van der Waals surface area contributed by atoms with Gasteiger partial charge in [-0.3, -0.25) is 4.79 Å². The molecule has 0 spiro atoms. The number of esters is 1. The first-order valence-electron chi connectivity index (χ1n) is 5.83. The van der Waals surface area contributed by atoms with Crippen molar-refractivity contribution in [2.24, 2.45) is 0 Å². The van der Waals surface area contributed by atoms with Crippen molar-refractivity contribution < 1.29 is 14.3 Å². The van der Waals surface area contributed by atoms with Gasteiger partial charge in [0.15, 0.2) is 0 Å². The zero-order chi connectivity index (χ0) is 14.4. The Morgan fingerprint density at radius 2 is 2.11 bits per heavy atom. The number of carbonyl (C=O) groups excluding carboxylic acids is 2. The average Bonchev–Trinajstić information content (AvgIpc) is 2.32. The molecule has 0 saturated heterocycles. The van der Waals surface area contributed by atoms with Gasteiger partial charge in [-0.15, -0.1) is 0 Å². The highest BCUT2D eigenvalue weighted by Crippen LogP contribution is 2.19. The SMILES string of the molecule is COC(=O)C[C@H](C)NC(=O)Nc1ccc(Cl)cc1C. The molecule has 1 aromatic carbocycles. The zero-order valence-electron chi connectivity index (χ0n) is 11.1. The number of rotatable bonds is 4. The average molecular weight is 285 g/mol. The van der Waals surface area contributed by atoms with E-state index in [2.05, 4.69) is 15.4 Å². The number of hydrogen-bond donors (Lipinski definition) is 2. The van der Waals surface area contributed by atoms with Gasteiger partial charge in [-0.05, 0) is 37.6 Å². The van der Waals surface area contributed by atoms with Crippen LogP contribution in [0.5, 0.6) is 0 Å². The summed E-state index contributed by atoms with van der Waals surface area (Å²) in [6.07, 6.45) is 0.128. The van der Waals surface area contributed by atoms with Gasteiger partial charge < -0.3 is 15.4 Å². The highest BCUT2D eigenvalue weighted by molar-refractivity contribution is 6.30. The number of methoxy groups -OCH3 is 1. The molecule has 0 aliphatic rings. The number of anilines is 1. The van der Waals surface area contributed by atoms with Crippen molar-refractivity contribution in [2.75, 3.05) is 12.4 Å². The monoisotopic (exact) mass is 284 g/mol. The summed E-state index contributed by atoms with van der Waals surface area (Å²) in [5, 5.41) is 5.96. The second kappa shape index (κ2) is 6.99. The van der Waals surface area contributed by atoms with Crippen molar-refractivity contribution in [3.8, 4) is 0 Å². The summed E-state index contributed by atoms with van der Waals surface area (Å²) >= 11 is 5.83. The maximum atomic E-state index is 11.7. The topological polar surface area (TPSA) is 67.4 Å². The molecule has 0 aliphatic carbocycles. The predicted octanol–water partition coefficient (Wildman–Crippen LogP) is 2.72. The lowest BCUT2D eigenvalue weighted by molar-refractivity contribution is -0.141. The number of urea groups is 1. The lowest BCUT2D eigenvalue weighted by atomic mass is 10.2. The Morgan fingerprint density at radius 3 is 2.68 bits per heavy atom. The number of halogens is 1. The van der Waals surface area contributed by atoms with Crippen molar-refractivity contribution in [2.45, 2.75) is 26.3 Å². The first-order chi connectivity index (χ1) is 8.92. The molecule has 0 radical (unpaired) electrons. The van der Waals surface area contributed by atoms with Gasteiger partial charge in [0, 0.05) is 16.8 Å². The predicted molar refractivity (Wildman–Crippen MR) is 74.4 cm³/mol. The second-order valence-corrected chi connectivity index (χ2v) is 4.68. The van der Waals surface area contributed by atoms with Gasteiger partial charge in [0.05, 0.1) is 13.5 Å². The van der Waals surface area contributed by atoms with Gasteiger partial charge in [0.1, 0.15) is 0 Å². The normalized spacial score (nSPS) is 11.6. The molecule has 0 unspecified atom stereocenters. The first-order valence-corrected chi connectivity index (χ1v) is 6.20. The van der Waals surface area contributed by atoms with E-state index in [0.717, 1.165) is 5.56 Å². The fraction of sp³-hybridized carbons (Fsp3) is 0.385. The van der Waals surface area contributed by atoms with E-state index in [0.29, 0.717) is 10.7 Å². The van der Waals surface area contributed by atoms with E-state index >= 15 is 0 Å². The van der Waals surface area contributed by atoms with E-state index in [4.69, 9.17) is 11.6 Å². The van der Waals surface area contributed by atoms with Gasteiger partial charge in [-0.2, -0.15) is 0 Å². The fourth-order valence-corrected chi connectivity index (χ4v) is 1.76. The molecular formula is C13H17ClN2O3. The van der Waals surface area contributed by atoms with Gasteiger partial charge >= 0.3 is 12.0 Å². The molecule has 1 aromatic rings. The van der Waals surface area contributed by atoms with Gasteiger partial charge in [-0.25, -0.2) is 4.79 Å². The lowest BCUT2D eigenvalue weighted by Gasteiger charge is -2.14. The van der Waals surface area contributed by atoms with Crippen LogP contribution in [-0.2, 0) is 9.53 Å². The molecule has 0 bridgehead atoms. The molecule has 0 aromatic heterocycles. The van der Waals surface area contributed by atoms with Crippen LogP contribution in [0.25, 0.3) is 0 Å². The number of ether oxygens (including phenoxy) is 1. The lowest BCUT2D eigenvalue weighted by Crippen LogP contribution is -2.37. The number of carbonyl (C=O) groups is 2. The Kier molecular flexibility index (Phi) is 5.63. The van der Waals surface area contributed by atoms with Gasteiger partial charge in [0.25, 0.3) is 0 Å². The third kappa shape index (κ3) is 5.18. The van der Waals surface area contributed by atoms with Gasteiger partial charge in [-0.1, -0.05) is 11.6 Å². The molecule has 0 heterocycles. The second-order valence-electron chi connectivity index (χ2n) is 4.24. The van der Waals surface area contributed by atoms with Crippen LogP contribution in [-0.4, -0.2) is 25.2 Å². The Morgan fingerprint density at radius 1 is 1.42 bits per heavy atom. The van der Waals surface area contributed by atoms with Crippen LogP contribution in [0, 0.1) is 6.92 Å². The fourth-order valence-electron chi connectivity index (χ4n) is 1.53. The van der Waals surface area contributed by atoms with Crippen molar-refractivity contribution in [1.82, 2.24) is 5.32 Å². The standard InChI is InChI=1S/C13H17ClN2O3/c1-8-6-10(14)4-5-11(8)16-13(18)15-9(2)7-12(17)19-3/h4-6,9H,7H2,1-3H3,(H2,15,16,18)/t9-/m0/s1. The molecule has 1 atom stereocenters. The van der Waals surface area contributed by atoms with E-state index in [1.165, 1.54) is 7.11 Å². The minimum atomic E-state index is -0.373. The quantitative estimate of drug-likeness (QED) is 0.836. The van der Waals surface area contributed by atoms with Crippen LogP contribution >= 0.6 is 11.6 Å². The van der Waals surface area contributed by atoms with Crippen molar-refractivity contribution in [1.29, 1.82) is 0 Å². The van der Waals surface area contributed by atoms with E-state index < -0.39 is 0 Å². The summed E-state index contributed by atoms with van der Waals surface area (Å²) in [5.41, 5.74) is 1.54. The molecule has 19 heavy (non-hydrogen) atoms. The molecule has 6 heteroatoms. The summed E-state index contributed by atoms with van der Waals surface area (Å²) in [6, 6.07) is 4.50. The molecule has 104 valence electrons. The Hall–Kier alpha value is -1.75. The minimum Gasteiger partial charge on any atom is -0.469 e. The van der Waals surface area contributed by atoms with Crippen molar-refractivity contribution in [3.63, 3.8) is 0 Å². The van der Waals surface area contributed by atoms with Crippen LogP contribution in [0.2, 0.25) is 5.02 Å². The van der Waals surface area contributed by atoms with Crippen LogP contribution in [0.3, 0.4) is 0 Å². The number of hydrogen-bond acceptors (Lipinski definition) is 3. The maximum absolute atomic E-state index is 11.7. The molecule has 0 saturated carbocycles. The van der Waals surface area contributed by atoms with E-state index in [1.807, 2.05) is 6.92 Å². The van der Waals surface area contributed by atoms with Crippen LogP contribution in [0.4, 0.5) is 10.5 Å². The minimum absolute atomic E-state index is 0.128. The summed E-state index contributed by atoms with van der Waals surface area (Å²) in [4.78, 5) is 22.8. The molecular weight excluding hydrogens is 268 g/mol. The molecule has 5 nitrogen and oxygen atoms in total. The summed E-state index contributed by atoms with van der Waals surface area (Å²) in [5.74, 6) is -0.365. The third-order valence-corrected chi connectivity index (χ3v) is 2.75. The largest absolute Gasteiger partial charge is 0.469 e. The highest BCUT2D eigenvalue weighted by Gasteiger charge is 2.12. The number of nitrogens with one attached hydrogen (secondary N) is 2. The maximum Gasteiger partial charge on any atom is 0.319 e. The number of benzene rings is 1. The van der Waals surface area contributed by atoms with E-state index in [-0.39, 0.29) is 24.5 Å². The van der Waals surface area contributed by atoms with Crippen molar-refractivity contribution >= 4 is 29.3 Å². The number of aryl methyl sites for hydroxylation is 1. The van der Waals surface area contributed by atoms with E-state index in [1.54, 1.807) is 25.1 Å². The van der Waals surface area contributed by atoms with E-state index in [9.17, 15) is 9.59 Å². The van der Waals surface area contributed by atoms with Crippen LogP contribution in [0.15, 0.2) is 18.2 Å². The molecule has 2 N–H and O–H groups in total. The summed E-state index contributed by atoms with van der Waals surface area (Å²) in [7, 11) is 1.31. The summed E-state index contributed by atoms with van der Waals surface area (Å²) in [6.45, 7) is 3.57. The summed E-state index contributed by atoms with van der Waals surface area (Å²) < 4.78 is 4.53. The van der Waals surface area contributed by atoms with Crippen LogP contribution < -0.4 is 10.6 Å². The molecule has 0 fully saturated rings. The third-order valence-electron chi connectivity index (χ3n) is 2.51. The smallest absolute Gasteiger partial charge is 0.319 e. The molecule has 2 amide bonds. The zero-order valence-corrected chi connectivity index (χ0v) is 11.9. The first kappa shape index (κ1) is 15.3. The Balaban J connectivity index is 2.53. The molecule has 0 aliphatic heterocycles. The Bertz CT molecular complexity index is 477.